The Morgan fingerprint density at radius 2 is 1.79 bits per heavy atom. The molecule has 0 spiro atoms. The summed E-state index contributed by atoms with van der Waals surface area (Å²) in [7, 11) is 0. The lowest BCUT2D eigenvalue weighted by atomic mass is 10.2. The van der Waals surface area contributed by atoms with Gasteiger partial charge in [-0.1, -0.05) is 30.3 Å². The predicted octanol–water partition coefficient (Wildman–Crippen LogP) is 5.93. The molecular formula is C21H13FINO3S. The number of hydrogen-bond donors (Lipinski definition) is 0. The Balaban J connectivity index is 1.54. The molecule has 28 heavy (non-hydrogen) atoms. The molecule has 3 aromatic rings. The fourth-order valence-electron chi connectivity index (χ4n) is 2.76. The Morgan fingerprint density at radius 1 is 1.04 bits per heavy atom. The molecule has 2 aromatic carbocycles. The molecule has 1 aliphatic rings. The van der Waals surface area contributed by atoms with Gasteiger partial charge in [0.1, 0.15) is 17.3 Å². The summed E-state index contributed by atoms with van der Waals surface area (Å²) >= 11 is 3.05. The van der Waals surface area contributed by atoms with Crippen LogP contribution in [0.15, 0.2) is 70.0 Å². The van der Waals surface area contributed by atoms with E-state index >= 15 is 0 Å². The van der Waals surface area contributed by atoms with E-state index in [1.54, 1.807) is 30.3 Å². The lowest BCUT2D eigenvalue weighted by Crippen LogP contribution is -2.27. The van der Waals surface area contributed by atoms with Gasteiger partial charge in [0.25, 0.3) is 11.1 Å². The van der Waals surface area contributed by atoms with Crippen LogP contribution in [-0.4, -0.2) is 16.0 Å². The number of rotatable bonds is 4. The minimum atomic E-state index is -0.453. The van der Waals surface area contributed by atoms with Crippen LogP contribution in [-0.2, 0) is 11.3 Å². The first kappa shape index (κ1) is 18.9. The van der Waals surface area contributed by atoms with E-state index in [0.29, 0.717) is 17.1 Å². The molecule has 1 saturated heterocycles. The van der Waals surface area contributed by atoms with Crippen molar-refractivity contribution in [3.63, 3.8) is 0 Å². The monoisotopic (exact) mass is 505 g/mol. The van der Waals surface area contributed by atoms with Crippen molar-refractivity contribution in [2.45, 2.75) is 6.54 Å². The van der Waals surface area contributed by atoms with Crippen molar-refractivity contribution in [2.75, 3.05) is 0 Å². The third-order valence-corrected chi connectivity index (χ3v) is 5.82. The number of carbonyl (C=O) groups excluding carboxylic acids is 2. The Labute approximate surface area is 178 Å². The number of amides is 2. The summed E-state index contributed by atoms with van der Waals surface area (Å²) in [5, 5.41) is -0.427. The van der Waals surface area contributed by atoms with Crippen molar-refractivity contribution >= 4 is 51.6 Å². The van der Waals surface area contributed by atoms with Crippen LogP contribution in [0.3, 0.4) is 0 Å². The van der Waals surface area contributed by atoms with Gasteiger partial charge in [-0.3, -0.25) is 14.5 Å². The third-order valence-electron chi connectivity index (χ3n) is 4.19. The number of hydrogen-bond acceptors (Lipinski definition) is 4. The molecule has 2 amide bonds. The zero-order valence-corrected chi connectivity index (χ0v) is 17.4. The van der Waals surface area contributed by atoms with Crippen molar-refractivity contribution in [3.8, 4) is 11.3 Å². The lowest BCUT2D eigenvalue weighted by molar-refractivity contribution is -0.123. The molecule has 1 fully saturated rings. The van der Waals surface area contributed by atoms with Crippen molar-refractivity contribution in [1.29, 1.82) is 0 Å². The van der Waals surface area contributed by atoms with Crippen LogP contribution in [0.5, 0.6) is 0 Å². The first-order valence-corrected chi connectivity index (χ1v) is 10.3. The molecule has 1 aromatic heterocycles. The van der Waals surface area contributed by atoms with Gasteiger partial charge in [-0.15, -0.1) is 0 Å². The molecule has 0 atom stereocenters. The quantitative estimate of drug-likeness (QED) is 0.326. The van der Waals surface area contributed by atoms with Gasteiger partial charge in [0, 0.05) is 20.8 Å². The maximum atomic E-state index is 13.8. The molecule has 7 heteroatoms. The summed E-state index contributed by atoms with van der Waals surface area (Å²) < 4.78 is 20.8. The van der Waals surface area contributed by atoms with Gasteiger partial charge in [-0.25, -0.2) is 4.39 Å². The van der Waals surface area contributed by atoms with Gasteiger partial charge in [0.05, 0.1) is 11.4 Å². The van der Waals surface area contributed by atoms with Crippen LogP contribution < -0.4 is 0 Å². The number of halogens is 2. The van der Waals surface area contributed by atoms with Crippen molar-refractivity contribution in [1.82, 2.24) is 4.90 Å². The Kier molecular flexibility index (Phi) is 5.36. The molecule has 0 aliphatic carbocycles. The summed E-state index contributed by atoms with van der Waals surface area (Å²) in [4.78, 5) is 26.1. The van der Waals surface area contributed by atoms with E-state index in [1.807, 2.05) is 30.3 Å². The number of furan rings is 1. The molecule has 0 radical (unpaired) electrons. The average molecular weight is 505 g/mol. The molecule has 0 bridgehead atoms. The van der Waals surface area contributed by atoms with Crippen LogP contribution in [0, 0.1) is 9.39 Å². The molecule has 2 heterocycles. The van der Waals surface area contributed by atoms with E-state index in [0.717, 1.165) is 25.8 Å². The zero-order chi connectivity index (χ0) is 19.7. The van der Waals surface area contributed by atoms with Crippen LogP contribution in [0.25, 0.3) is 17.4 Å². The van der Waals surface area contributed by atoms with E-state index in [9.17, 15) is 14.0 Å². The summed E-state index contributed by atoms with van der Waals surface area (Å²) in [6.45, 7) is -0.0965. The number of carbonyl (C=O) groups is 2. The maximum absolute atomic E-state index is 13.8. The van der Waals surface area contributed by atoms with E-state index < -0.39 is 17.0 Å². The fourth-order valence-corrected chi connectivity index (χ4v) is 3.94. The number of thioether (sulfide) groups is 1. The van der Waals surface area contributed by atoms with Gasteiger partial charge in [-0.05, 0) is 64.7 Å². The molecular weight excluding hydrogens is 492 g/mol. The third kappa shape index (κ3) is 3.90. The highest BCUT2D eigenvalue weighted by atomic mass is 127. The average Bonchev–Trinajstić information content (AvgIpc) is 3.24. The maximum Gasteiger partial charge on any atom is 0.293 e. The van der Waals surface area contributed by atoms with E-state index in [-0.39, 0.29) is 11.4 Å². The van der Waals surface area contributed by atoms with Gasteiger partial charge >= 0.3 is 0 Å². The summed E-state index contributed by atoms with van der Waals surface area (Å²) in [6, 6.07) is 17.5. The molecule has 0 N–H and O–H groups in total. The molecule has 1 aliphatic heterocycles. The molecule has 140 valence electrons. The largest absolute Gasteiger partial charge is 0.457 e. The number of imide groups is 1. The number of benzene rings is 2. The highest BCUT2D eigenvalue weighted by molar-refractivity contribution is 14.1. The Bertz CT molecular complexity index is 1090. The van der Waals surface area contributed by atoms with Crippen LogP contribution in [0.1, 0.15) is 11.3 Å². The van der Waals surface area contributed by atoms with Crippen molar-refractivity contribution in [2.24, 2.45) is 0 Å². The zero-order valence-electron chi connectivity index (χ0n) is 14.4. The van der Waals surface area contributed by atoms with Crippen LogP contribution >= 0.6 is 34.4 Å². The highest BCUT2D eigenvalue weighted by Gasteiger charge is 2.35. The summed E-state index contributed by atoms with van der Waals surface area (Å²) in [6.07, 6.45) is 1.54. The summed E-state index contributed by atoms with van der Waals surface area (Å²) in [5.74, 6) is 0.252. The first-order valence-electron chi connectivity index (χ1n) is 8.36. The van der Waals surface area contributed by atoms with Crippen molar-refractivity contribution in [3.05, 3.63) is 86.3 Å². The second-order valence-electron chi connectivity index (χ2n) is 6.07. The van der Waals surface area contributed by atoms with Gasteiger partial charge in [-0.2, -0.15) is 0 Å². The van der Waals surface area contributed by atoms with E-state index in [1.165, 1.54) is 6.07 Å². The second kappa shape index (κ2) is 7.92. The summed E-state index contributed by atoms with van der Waals surface area (Å²) in [5.41, 5.74) is 1.22. The SMILES string of the molecule is O=C1S/C(=C\c2ccc(-c3ccc(I)cc3)o2)C(=O)N1Cc1ccccc1F. The highest BCUT2D eigenvalue weighted by Crippen LogP contribution is 2.34. The Morgan fingerprint density at radius 3 is 2.54 bits per heavy atom. The predicted molar refractivity (Wildman–Crippen MR) is 115 cm³/mol. The standard InChI is InChI=1S/C21H13FINO3S/c22-17-4-2-1-3-14(17)12-24-20(25)19(28-21(24)26)11-16-9-10-18(27-16)13-5-7-15(23)8-6-13/h1-11H,12H2/b19-11-. The molecule has 0 unspecified atom stereocenters. The van der Waals surface area contributed by atoms with Crippen LogP contribution in [0.2, 0.25) is 0 Å². The molecule has 4 nitrogen and oxygen atoms in total. The van der Waals surface area contributed by atoms with Gasteiger partial charge in [0.15, 0.2) is 0 Å². The van der Waals surface area contributed by atoms with Gasteiger partial charge < -0.3 is 4.42 Å². The minimum absolute atomic E-state index is 0.0965. The second-order valence-corrected chi connectivity index (χ2v) is 8.31. The number of nitrogens with zero attached hydrogens (tertiary/aromatic N) is 1. The van der Waals surface area contributed by atoms with Gasteiger partial charge in [0.2, 0.25) is 0 Å². The molecule has 4 rings (SSSR count). The van der Waals surface area contributed by atoms with Crippen LogP contribution in [0.4, 0.5) is 9.18 Å². The van der Waals surface area contributed by atoms with E-state index in [2.05, 4.69) is 22.6 Å². The Hall–Kier alpha value is -2.39. The lowest BCUT2D eigenvalue weighted by Gasteiger charge is -2.12. The normalized spacial score (nSPS) is 15.6. The first-order chi connectivity index (χ1) is 13.5. The fraction of sp³-hybridized carbons (Fsp3) is 0.0476. The minimum Gasteiger partial charge on any atom is -0.457 e. The van der Waals surface area contributed by atoms with Crippen molar-refractivity contribution < 1.29 is 18.4 Å². The smallest absolute Gasteiger partial charge is 0.293 e. The molecule has 0 saturated carbocycles. The topological polar surface area (TPSA) is 50.5 Å². The van der Waals surface area contributed by atoms with E-state index in [4.69, 9.17) is 4.42 Å².